The van der Waals surface area contributed by atoms with Crippen LogP contribution in [0.4, 0.5) is 4.39 Å². The molecule has 0 fully saturated rings. The summed E-state index contributed by atoms with van der Waals surface area (Å²) in [5, 5.41) is 7.10. The molecule has 1 aliphatic heterocycles. The molecule has 0 bridgehead atoms. The minimum Gasteiger partial charge on any atom is -0.359 e. The van der Waals surface area contributed by atoms with E-state index in [1.54, 1.807) is 19.3 Å². The van der Waals surface area contributed by atoms with Crippen molar-refractivity contribution in [3.8, 4) is 0 Å². The van der Waals surface area contributed by atoms with Crippen molar-refractivity contribution in [3.05, 3.63) is 52.6 Å². The highest BCUT2D eigenvalue weighted by molar-refractivity contribution is 6.30. The van der Waals surface area contributed by atoms with Gasteiger partial charge in [-0.3, -0.25) is 14.4 Å². The minimum absolute atomic E-state index is 0.0177. The number of benzene rings is 1. The fourth-order valence-electron chi connectivity index (χ4n) is 2.95. The van der Waals surface area contributed by atoms with E-state index in [1.165, 1.54) is 6.07 Å². The molecule has 2 heterocycles. The van der Waals surface area contributed by atoms with Gasteiger partial charge in [0.15, 0.2) is 0 Å². The maximum absolute atomic E-state index is 13.6. The van der Waals surface area contributed by atoms with Gasteiger partial charge < -0.3 is 5.32 Å². The summed E-state index contributed by atoms with van der Waals surface area (Å²) < 4.78 is 15.5. The maximum Gasteiger partial charge on any atom is 0.221 e. The smallest absolute Gasteiger partial charge is 0.221 e. The molecule has 5 nitrogen and oxygen atoms in total. The van der Waals surface area contributed by atoms with E-state index >= 15 is 0 Å². The molecule has 122 valence electrons. The number of carbonyl (C=O) groups excluding carboxylic acids is 1. The second-order valence-corrected chi connectivity index (χ2v) is 6.12. The molecule has 0 aliphatic carbocycles. The average molecular weight is 337 g/mol. The molecule has 1 aliphatic rings. The molecule has 2 aromatic rings. The van der Waals surface area contributed by atoms with Gasteiger partial charge in [0.1, 0.15) is 5.82 Å². The Morgan fingerprint density at radius 1 is 1.48 bits per heavy atom. The van der Waals surface area contributed by atoms with E-state index in [0.29, 0.717) is 26.1 Å². The van der Waals surface area contributed by atoms with Crippen LogP contribution in [0.15, 0.2) is 30.5 Å². The van der Waals surface area contributed by atoms with Gasteiger partial charge in [-0.25, -0.2) is 4.39 Å². The monoisotopic (exact) mass is 336 g/mol. The number of halogens is 2. The Bertz CT molecular complexity index is 718. The quantitative estimate of drug-likeness (QED) is 0.932. The third-order valence-electron chi connectivity index (χ3n) is 4.04. The fraction of sp³-hybridized carbons (Fsp3) is 0.375. The number of nitrogens with one attached hydrogen (secondary N) is 1. The zero-order chi connectivity index (χ0) is 16.4. The highest BCUT2D eigenvalue weighted by Crippen LogP contribution is 2.25. The van der Waals surface area contributed by atoms with Crippen molar-refractivity contribution in [2.24, 2.45) is 0 Å². The van der Waals surface area contributed by atoms with Crippen LogP contribution in [0.5, 0.6) is 0 Å². The van der Waals surface area contributed by atoms with Gasteiger partial charge in [0.25, 0.3) is 0 Å². The van der Waals surface area contributed by atoms with Crippen LogP contribution >= 0.6 is 11.6 Å². The van der Waals surface area contributed by atoms with Crippen molar-refractivity contribution in [1.29, 1.82) is 0 Å². The molecule has 1 aromatic carbocycles. The first-order chi connectivity index (χ1) is 11.1. The van der Waals surface area contributed by atoms with Crippen molar-refractivity contribution in [2.45, 2.75) is 25.6 Å². The van der Waals surface area contributed by atoms with Gasteiger partial charge in [-0.05, 0) is 23.8 Å². The van der Waals surface area contributed by atoms with E-state index in [-0.39, 0.29) is 17.0 Å². The predicted octanol–water partition coefficient (Wildman–Crippen LogP) is 2.37. The zero-order valence-corrected chi connectivity index (χ0v) is 13.6. The van der Waals surface area contributed by atoms with Gasteiger partial charge in [-0.2, -0.15) is 5.10 Å². The number of nitrogens with zero attached hydrogens (tertiary/aromatic N) is 3. The van der Waals surface area contributed by atoms with Crippen LogP contribution in [0, 0.1) is 5.82 Å². The summed E-state index contributed by atoms with van der Waals surface area (Å²) in [5.74, 6) is -0.427. The van der Waals surface area contributed by atoms with Crippen LogP contribution < -0.4 is 5.32 Å². The number of hydrogen-bond donors (Lipinski definition) is 1. The molecule has 1 amide bonds. The van der Waals surface area contributed by atoms with Crippen molar-refractivity contribution >= 4 is 17.5 Å². The van der Waals surface area contributed by atoms with Crippen molar-refractivity contribution in [3.63, 3.8) is 0 Å². The van der Waals surface area contributed by atoms with Gasteiger partial charge in [-0.1, -0.05) is 17.7 Å². The molecule has 1 N–H and O–H groups in total. The zero-order valence-electron chi connectivity index (χ0n) is 12.8. The summed E-state index contributed by atoms with van der Waals surface area (Å²) in [6, 6.07) is 6.78. The molecule has 0 saturated carbocycles. The molecule has 3 rings (SSSR count). The highest BCUT2D eigenvalue weighted by atomic mass is 35.5. The molecule has 23 heavy (non-hydrogen) atoms. The first-order valence-electron chi connectivity index (χ1n) is 7.46. The molecular formula is C16H18ClFN4O. The molecular weight excluding hydrogens is 319 g/mol. The van der Waals surface area contributed by atoms with Gasteiger partial charge in [0.05, 0.1) is 23.2 Å². The lowest BCUT2D eigenvalue weighted by atomic mass is 10.1. The molecule has 1 atom stereocenters. The summed E-state index contributed by atoms with van der Waals surface area (Å²) in [7, 11) is 1.63. The second kappa shape index (κ2) is 6.68. The fourth-order valence-corrected chi connectivity index (χ4v) is 3.07. The molecule has 0 radical (unpaired) electrons. The summed E-state index contributed by atoms with van der Waals surface area (Å²) in [6.45, 7) is 2.00. The number of carbonyl (C=O) groups is 1. The van der Waals surface area contributed by atoms with Crippen LogP contribution in [-0.4, -0.2) is 34.2 Å². The Kier molecular flexibility index (Phi) is 4.63. The topological polar surface area (TPSA) is 50.2 Å². The summed E-state index contributed by atoms with van der Waals surface area (Å²) in [5.41, 5.74) is 1.91. The lowest BCUT2D eigenvalue weighted by Crippen LogP contribution is -2.39. The Hall–Kier alpha value is -1.92. The third-order valence-corrected chi connectivity index (χ3v) is 4.35. The van der Waals surface area contributed by atoms with Gasteiger partial charge in [-0.15, -0.1) is 0 Å². The first kappa shape index (κ1) is 16.0. The third kappa shape index (κ3) is 3.54. The Balaban J connectivity index is 1.76. The summed E-state index contributed by atoms with van der Waals surface area (Å²) in [6.07, 6.45) is 2.12. The van der Waals surface area contributed by atoms with Crippen LogP contribution in [0.25, 0.3) is 0 Å². The van der Waals surface area contributed by atoms with Crippen molar-refractivity contribution < 1.29 is 9.18 Å². The van der Waals surface area contributed by atoms with Crippen LogP contribution in [-0.2, 0) is 17.9 Å². The minimum atomic E-state index is -0.409. The highest BCUT2D eigenvalue weighted by Gasteiger charge is 2.27. The van der Waals surface area contributed by atoms with Crippen LogP contribution in [0.2, 0.25) is 5.02 Å². The van der Waals surface area contributed by atoms with Gasteiger partial charge in [0, 0.05) is 32.9 Å². The average Bonchev–Trinajstić information content (AvgIpc) is 2.99. The second-order valence-electron chi connectivity index (χ2n) is 5.72. The van der Waals surface area contributed by atoms with Crippen LogP contribution in [0.3, 0.4) is 0 Å². The predicted molar refractivity (Wildman–Crippen MR) is 85.5 cm³/mol. The number of rotatable bonds is 4. The molecule has 1 aromatic heterocycles. The SMILES string of the molecule is CNC(=O)C[C@H]1CN(Cc2ccc(Cl)c(F)c2)Cc2ccnn21. The summed E-state index contributed by atoms with van der Waals surface area (Å²) >= 11 is 5.73. The Labute approximate surface area is 139 Å². The van der Waals surface area contributed by atoms with Crippen LogP contribution in [0.1, 0.15) is 23.7 Å². The molecule has 0 saturated heterocycles. The normalized spacial score (nSPS) is 17.8. The number of amides is 1. The summed E-state index contributed by atoms with van der Waals surface area (Å²) in [4.78, 5) is 13.9. The number of aromatic nitrogens is 2. The van der Waals surface area contributed by atoms with E-state index < -0.39 is 5.82 Å². The molecule has 0 unspecified atom stereocenters. The van der Waals surface area contributed by atoms with Crippen molar-refractivity contribution in [2.75, 3.05) is 13.6 Å². The maximum atomic E-state index is 13.6. The van der Waals surface area contributed by atoms with E-state index in [9.17, 15) is 9.18 Å². The van der Waals surface area contributed by atoms with E-state index in [1.807, 2.05) is 16.8 Å². The molecule has 7 heteroatoms. The largest absolute Gasteiger partial charge is 0.359 e. The van der Waals surface area contributed by atoms with Crippen molar-refractivity contribution in [1.82, 2.24) is 20.0 Å². The Morgan fingerprint density at radius 2 is 2.30 bits per heavy atom. The number of fused-ring (bicyclic) bond motifs is 1. The lowest BCUT2D eigenvalue weighted by Gasteiger charge is -2.33. The van der Waals surface area contributed by atoms with E-state index in [2.05, 4.69) is 15.3 Å². The van der Waals surface area contributed by atoms with E-state index in [0.717, 1.165) is 11.3 Å². The lowest BCUT2D eigenvalue weighted by molar-refractivity contribution is -0.121. The van der Waals surface area contributed by atoms with Gasteiger partial charge in [0.2, 0.25) is 5.91 Å². The molecule has 0 spiro atoms. The Morgan fingerprint density at radius 3 is 3.04 bits per heavy atom. The number of hydrogen-bond acceptors (Lipinski definition) is 3. The van der Waals surface area contributed by atoms with E-state index in [4.69, 9.17) is 11.6 Å². The van der Waals surface area contributed by atoms with Gasteiger partial charge >= 0.3 is 0 Å². The first-order valence-corrected chi connectivity index (χ1v) is 7.84. The standard InChI is InChI=1S/C16H18ClFN4O/c1-19-16(23)7-13-10-21(9-12-4-5-20-22(12)13)8-11-2-3-14(17)15(18)6-11/h2-6,13H,7-10H2,1H3,(H,19,23)/t13-/m0/s1.